The fraction of sp³-hybridized carbons (Fsp3) is 0.600. The molecule has 1 atom stereocenters. The van der Waals surface area contributed by atoms with Crippen LogP contribution in [0.2, 0.25) is 0 Å². The summed E-state index contributed by atoms with van der Waals surface area (Å²) in [6.45, 7) is 2.27. The third kappa shape index (κ3) is 2.18. The number of hydrogen-bond acceptors (Lipinski definition) is 1. The van der Waals surface area contributed by atoms with Gasteiger partial charge < -0.3 is 0 Å². The first-order valence-electron chi connectivity index (χ1n) is 4.51. The van der Waals surface area contributed by atoms with E-state index in [9.17, 15) is 0 Å². The van der Waals surface area contributed by atoms with Crippen LogP contribution in [0.1, 0.15) is 24.6 Å². The van der Waals surface area contributed by atoms with Gasteiger partial charge in [0.1, 0.15) is 0 Å². The molecule has 3 heteroatoms. The normalized spacial score (nSPS) is 21.5. The van der Waals surface area contributed by atoms with Crippen molar-refractivity contribution in [3.63, 3.8) is 0 Å². The fourth-order valence-corrected chi connectivity index (χ4v) is 3.93. The maximum Gasteiger partial charge on any atom is 0.0701 e. The van der Waals surface area contributed by atoms with E-state index in [-0.39, 0.29) is 0 Å². The Morgan fingerprint density at radius 1 is 1.54 bits per heavy atom. The Hall–Kier alpha value is 0.660. The molecular weight excluding hydrogens is 312 g/mol. The van der Waals surface area contributed by atoms with Crippen molar-refractivity contribution in [1.29, 1.82) is 0 Å². The van der Waals surface area contributed by atoms with Crippen LogP contribution < -0.4 is 0 Å². The Balaban J connectivity index is 2.06. The minimum absolute atomic E-state index is 0.574. The molecule has 1 unspecified atom stereocenters. The van der Waals surface area contributed by atoms with Crippen LogP contribution >= 0.6 is 43.2 Å². The van der Waals surface area contributed by atoms with Crippen LogP contribution in [0.4, 0.5) is 0 Å². The maximum atomic E-state index is 3.72. The monoisotopic (exact) mass is 322 g/mol. The molecule has 0 aromatic carbocycles. The smallest absolute Gasteiger partial charge is 0.0701 e. The molecule has 1 aliphatic carbocycles. The molecule has 0 N–H and O–H groups in total. The van der Waals surface area contributed by atoms with Gasteiger partial charge in [0.2, 0.25) is 0 Å². The first-order chi connectivity index (χ1) is 6.12. The molecule has 0 nitrogen and oxygen atoms in total. The topological polar surface area (TPSA) is 0 Å². The molecule has 1 aliphatic rings. The lowest BCUT2D eigenvalue weighted by atomic mass is 9.98. The first kappa shape index (κ1) is 10.2. The van der Waals surface area contributed by atoms with E-state index in [2.05, 4.69) is 50.9 Å². The van der Waals surface area contributed by atoms with Crippen molar-refractivity contribution in [1.82, 2.24) is 0 Å². The van der Waals surface area contributed by atoms with Gasteiger partial charge in [-0.15, -0.1) is 11.3 Å². The van der Waals surface area contributed by atoms with Gasteiger partial charge in [0.25, 0.3) is 0 Å². The number of thiophene rings is 1. The Morgan fingerprint density at radius 3 is 2.62 bits per heavy atom. The van der Waals surface area contributed by atoms with Crippen LogP contribution in [0.25, 0.3) is 0 Å². The van der Waals surface area contributed by atoms with E-state index in [1.165, 1.54) is 27.9 Å². The maximum absolute atomic E-state index is 3.72. The standard InChI is InChI=1S/C10H12Br2S/c1-7(11)10(4-5-10)6-8-2-3-9(12)13-8/h2-3,7H,4-6H2,1H3. The molecule has 0 saturated heterocycles. The number of alkyl halides is 1. The largest absolute Gasteiger partial charge is 0.133 e. The summed E-state index contributed by atoms with van der Waals surface area (Å²) in [5.41, 5.74) is 0.574. The van der Waals surface area contributed by atoms with E-state index in [4.69, 9.17) is 0 Å². The average Bonchev–Trinajstić information content (AvgIpc) is 2.72. The summed E-state index contributed by atoms with van der Waals surface area (Å²) < 4.78 is 1.25. The molecule has 0 radical (unpaired) electrons. The number of halogens is 2. The second-order valence-corrected chi connectivity index (χ2v) is 7.78. The van der Waals surface area contributed by atoms with Crippen molar-refractivity contribution in [2.45, 2.75) is 31.0 Å². The molecule has 1 saturated carbocycles. The highest BCUT2D eigenvalue weighted by Gasteiger charge is 2.46. The van der Waals surface area contributed by atoms with Crippen LogP contribution in [0.3, 0.4) is 0 Å². The SMILES string of the molecule is CC(Br)C1(Cc2ccc(Br)s2)CC1. The number of rotatable bonds is 3. The summed E-state index contributed by atoms with van der Waals surface area (Å²) >= 11 is 9.09. The van der Waals surface area contributed by atoms with Gasteiger partial charge in [-0.1, -0.05) is 22.9 Å². The Bertz CT molecular complexity index is 300. The Labute approximate surface area is 100.0 Å². The van der Waals surface area contributed by atoms with E-state index in [0.29, 0.717) is 10.2 Å². The van der Waals surface area contributed by atoms with E-state index < -0.39 is 0 Å². The highest BCUT2D eigenvalue weighted by Crippen LogP contribution is 2.54. The second-order valence-electron chi connectivity index (χ2n) is 3.86. The van der Waals surface area contributed by atoms with E-state index in [0.717, 1.165) is 0 Å². The average molecular weight is 324 g/mol. The molecule has 0 spiro atoms. The van der Waals surface area contributed by atoms with Crippen LogP contribution in [0.5, 0.6) is 0 Å². The van der Waals surface area contributed by atoms with Crippen molar-refractivity contribution in [2.75, 3.05) is 0 Å². The molecule has 0 bridgehead atoms. The van der Waals surface area contributed by atoms with Gasteiger partial charge in [-0.2, -0.15) is 0 Å². The van der Waals surface area contributed by atoms with Crippen LogP contribution in [0.15, 0.2) is 15.9 Å². The summed E-state index contributed by atoms with van der Waals surface area (Å²) in [5.74, 6) is 0. The molecule has 1 fully saturated rings. The quantitative estimate of drug-likeness (QED) is 0.712. The van der Waals surface area contributed by atoms with Crippen LogP contribution in [-0.2, 0) is 6.42 Å². The summed E-state index contributed by atoms with van der Waals surface area (Å²) in [6, 6.07) is 4.39. The molecule has 1 heterocycles. The molecule has 1 aromatic rings. The van der Waals surface area contributed by atoms with E-state index >= 15 is 0 Å². The lowest BCUT2D eigenvalue weighted by Gasteiger charge is -2.16. The zero-order valence-corrected chi connectivity index (χ0v) is 11.5. The summed E-state index contributed by atoms with van der Waals surface area (Å²) in [5, 5.41) is 0. The predicted octanol–water partition coefficient (Wildman–Crippen LogP) is 4.62. The predicted molar refractivity (Wildman–Crippen MR) is 65.8 cm³/mol. The molecule has 1 aromatic heterocycles. The molecule has 72 valence electrons. The summed E-state index contributed by atoms with van der Waals surface area (Å²) in [7, 11) is 0. The van der Waals surface area contributed by atoms with E-state index in [1.54, 1.807) is 0 Å². The molecule has 0 amide bonds. The lowest BCUT2D eigenvalue weighted by molar-refractivity contribution is 0.513. The van der Waals surface area contributed by atoms with Crippen LogP contribution in [0, 0.1) is 5.41 Å². The summed E-state index contributed by atoms with van der Waals surface area (Å²) in [4.78, 5) is 2.16. The van der Waals surface area contributed by atoms with Crippen molar-refractivity contribution < 1.29 is 0 Å². The minimum Gasteiger partial charge on any atom is -0.133 e. The van der Waals surface area contributed by atoms with Crippen molar-refractivity contribution in [3.05, 3.63) is 20.8 Å². The molecule has 13 heavy (non-hydrogen) atoms. The first-order valence-corrected chi connectivity index (χ1v) is 7.03. The van der Waals surface area contributed by atoms with Gasteiger partial charge in [-0.25, -0.2) is 0 Å². The lowest BCUT2D eigenvalue weighted by Crippen LogP contribution is -2.14. The Morgan fingerprint density at radius 2 is 2.23 bits per heavy atom. The third-order valence-electron chi connectivity index (χ3n) is 2.89. The molecule has 2 rings (SSSR count). The van der Waals surface area contributed by atoms with Gasteiger partial charge in [0.15, 0.2) is 0 Å². The zero-order valence-electron chi connectivity index (χ0n) is 7.52. The molecular formula is C10H12Br2S. The fourth-order valence-electron chi connectivity index (χ4n) is 1.67. The van der Waals surface area contributed by atoms with Gasteiger partial charge in [-0.3, -0.25) is 0 Å². The van der Waals surface area contributed by atoms with Gasteiger partial charge in [-0.05, 0) is 52.7 Å². The van der Waals surface area contributed by atoms with Crippen molar-refractivity contribution in [2.24, 2.45) is 5.41 Å². The van der Waals surface area contributed by atoms with Gasteiger partial charge >= 0.3 is 0 Å². The summed E-state index contributed by atoms with van der Waals surface area (Å²) in [6.07, 6.45) is 4.01. The van der Waals surface area contributed by atoms with E-state index in [1.807, 2.05) is 11.3 Å². The highest BCUT2D eigenvalue weighted by atomic mass is 79.9. The van der Waals surface area contributed by atoms with Crippen LogP contribution in [-0.4, -0.2) is 4.83 Å². The van der Waals surface area contributed by atoms with Gasteiger partial charge in [0, 0.05) is 9.70 Å². The van der Waals surface area contributed by atoms with Gasteiger partial charge in [0.05, 0.1) is 3.79 Å². The number of hydrogen-bond donors (Lipinski definition) is 0. The highest BCUT2D eigenvalue weighted by molar-refractivity contribution is 9.11. The third-order valence-corrected chi connectivity index (χ3v) is 5.49. The van der Waals surface area contributed by atoms with Crippen molar-refractivity contribution >= 4 is 43.2 Å². The zero-order chi connectivity index (χ0) is 9.47. The molecule has 0 aliphatic heterocycles. The Kier molecular flexibility index (Phi) is 2.87. The van der Waals surface area contributed by atoms with Crippen molar-refractivity contribution in [3.8, 4) is 0 Å². The minimum atomic E-state index is 0.574. The second kappa shape index (κ2) is 3.67.